The van der Waals surface area contributed by atoms with Crippen LogP contribution in [0.1, 0.15) is 50.3 Å². The van der Waals surface area contributed by atoms with E-state index >= 15 is 0 Å². The van der Waals surface area contributed by atoms with Gasteiger partial charge >= 0.3 is 0 Å². The fourth-order valence-corrected chi connectivity index (χ4v) is 3.98. The third-order valence-electron chi connectivity index (χ3n) is 5.78. The lowest BCUT2D eigenvalue weighted by Gasteiger charge is -2.29. The Balaban J connectivity index is 2.11. The average Bonchev–Trinajstić information content (AvgIpc) is 2.95. The first-order valence-corrected chi connectivity index (χ1v) is 10.9. The Bertz CT molecular complexity index is 1010. The number of amides is 2. The zero-order chi connectivity index (χ0) is 23.6. The highest BCUT2D eigenvalue weighted by atomic mass is 19.1. The molecule has 174 valence electrons. The van der Waals surface area contributed by atoms with Crippen molar-refractivity contribution in [3.63, 3.8) is 0 Å². The highest BCUT2D eigenvalue weighted by Crippen LogP contribution is 2.29. The number of carbonyl (C=O) groups excluding carboxylic acids is 2. The Morgan fingerprint density at radius 2 is 1.94 bits per heavy atom. The molecule has 1 atom stereocenters. The molecule has 1 aliphatic heterocycles. The molecule has 0 saturated carbocycles. The van der Waals surface area contributed by atoms with Crippen molar-refractivity contribution in [1.29, 1.82) is 0 Å². The van der Waals surface area contributed by atoms with Crippen molar-refractivity contribution in [3.05, 3.63) is 41.2 Å². The maximum absolute atomic E-state index is 14.6. The van der Waals surface area contributed by atoms with Gasteiger partial charge in [-0.15, -0.1) is 0 Å². The fraction of sp³-hybridized carbons (Fsp3) is 0.522. The van der Waals surface area contributed by atoms with E-state index in [2.05, 4.69) is 20.5 Å². The normalized spacial score (nSPS) is 15.6. The van der Waals surface area contributed by atoms with E-state index in [-0.39, 0.29) is 23.0 Å². The van der Waals surface area contributed by atoms with Gasteiger partial charge in [0.25, 0.3) is 5.91 Å². The van der Waals surface area contributed by atoms with Crippen molar-refractivity contribution in [2.45, 2.75) is 53.2 Å². The maximum atomic E-state index is 14.6. The number of aromatic nitrogens is 2. The van der Waals surface area contributed by atoms with Crippen LogP contribution in [0.25, 0.3) is 11.4 Å². The van der Waals surface area contributed by atoms with Gasteiger partial charge < -0.3 is 15.2 Å². The number of fused-ring (bicyclic) bond motifs is 1. The molecule has 0 fully saturated rings. The van der Waals surface area contributed by atoms with Gasteiger partial charge in [-0.2, -0.15) is 0 Å². The number of benzene rings is 1. The molecule has 0 aliphatic carbocycles. The van der Waals surface area contributed by atoms with Gasteiger partial charge in [0.15, 0.2) is 5.69 Å². The highest BCUT2D eigenvalue weighted by Gasteiger charge is 2.35. The zero-order valence-electron chi connectivity index (χ0n) is 19.3. The van der Waals surface area contributed by atoms with Crippen LogP contribution in [0.2, 0.25) is 0 Å². The first-order chi connectivity index (χ1) is 15.1. The molecule has 2 heterocycles. The van der Waals surface area contributed by atoms with Crippen LogP contribution in [0.15, 0.2) is 18.2 Å². The lowest BCUT2D eigenvalue weighted by Crippen LogP contribution is -2.53. The number of carbonyl (C=O) groups is 2. The first-order valence-electron chi connectivity index (χ1n) is 10.9. The van der Waals surface area contributed by atoms with E-state index in [0.717, 1.165) is 37.7 Å². The van der Waals surface area contributed by atoms with Gasteiger partial charge in [0, 0.05) is 26.7 Å². The van der Waals surface area contributed by atoms with Crippen LogP contribution in [0.3, 0.4) is 0 Å². The summed E-state index contributed by atoms with van der Waals surface area (Å²) in [5, 5.41) is 5.39. The fourth-order valence-electron chi connectivity index (χ4n) is 3.98. The Hall–Kier alpha value is -2.81. The standard InChI is InChI=1S/C23H31F2N5O2/c1-6-29-10-7-11-30-17(13-29)18(21(31)28-19(22(32)26-5)23(2,3)4)27-20(30)15-12-14(24)8-9-16(15)25/h8-9,12,19H,6-7,10-11,13H2,1-5H3,(H,26,32)(H,28,31)/t19-/m1/s1. The number of hydrogen-bond acceptors (Lipinski definition) is 4. The summed E-state index contributed by atoms with van der Waals surface area (Å²) < 4.78 is 30.3. The number of imidazole rings is 1. The van der Waals surface area contributed by atoms with Gasteiger partial charge in [-0.05, 0) is 36.6 Å². The number of nitrogens with zero attached hydrogens (tertiary/aromatic N) is 3. The summed E-state index contributed by atoms with van der Waals surface area (Å²) in [5.41, 5.74) is 0.223. The van der Waals surface area contributed by atoms with Gasteiger partial charge in [0.2, 0.25) is 5.91 Å². The SMILES string of the molecule is CCN1CCCn2c(-c3cc(F)ccc3F)nc(C(=O)N[C@H](C(=O)NC)C(C)(C)C)c2C1. The summed E-state index contributed by atoms with van der Waals surface area (Å²) in [6.45, 7) is 10.2. The second-order valence-corrected chi connectivity index (χ2v) is 9.12. The molecule has 1 aromatic heterocycles. The van der Waals surface area contributed by atoms with E-state index in [1.165, 1.54) is 7.05 Å². The number of likely N-dealkylation sites (N-methyl/N-ethyl adjacent to an activating group) is 1. The van der Waals surface area contributed by atoms with E-state index < -0.39 is 29.0 Å². The van der Waals surface area contributed by atoms with Crippen molar-refractivity contribution in [3.8, 4) is 11.4 Å². The lowest BCUT2D eigenvalue weighted by molar-refractivity contribution is -0.124. The second kappa shape index (κ2) is 9.36. The largest absolute Gasteiger partial charge is 0.357 e. The Kier molecular flexibility index (Phi) is 6.97. The van der Waals surface area contributed by atoms with E-state index in [0.29, 0.717) is 18.8 Å². The van der Waals surface area contributed by atoms with E-state index in [1.54, 1.807) is 4.57 Å². The van der Waals surface area contributed by atoms with Crippen LogP contribution in [0, 0.1) is 17.0 Å². The van der Waals surface area contributed by atoms with E-state index in [4.69, 9.17) is 0 Å². The molecule has 0 saturated heterocycles. The van der Waals surface area contributed by atoms with Gasteiger partial charge in [-0.25, -0.2) is 13.8 Å². The van der Waals surface area contributed by atoms with Gasteiger partial charge in [0.05, 0.1) is 11.3 Å². The summed E-state index contributed by atoms with van der Waals surface area (Å²) in [6.07, 6.45) is 0.783. The van der Waals surface area contributed by atoms with Gasteiger partial charge in [-0.1, -0.05) is 27.7 Å². The predicted molar refractivity (Wildman–Crippen MR) is 118 cm³/mol. The molecule has 2 N–H and O–H groups in total. The molecule has 7 nitrogen and oxygen atoms in total. The molecule has 9 heteroatoms. The van der Waals surface area contributed by atoms with Crippen molar-refractivity contribution >= 4 is 11.8 Å². The summed E-state index contributed by atoms with van der Waals surface area (Å²) in [4.78, 5) is 32.4. The van der Waals surface area contributed by atoms with Crippen LogP contribution >= 0.6 is 0 Å². The van der Waals surface area contributed by atoms with Crippen molar-refractivity contribution in [1.82, 2.24) is 25.1 Å². The second-order valence-electron chi connectivity index (χ2n) is 9.12. The van der Waals surface area contributed by atoms with Crippen LogP contribution in [0.4, 0.5) is 8.78 Å². The minimum Gasteiger partial charge on any atom is -0.357 e. The van der Waals surface area contributed by atoms with Gasteiger partial charge in [-0.3, -0.25) is 14.5 Å². The topological polar surface area (TPSA) is 79.3 Å². The maximum Gasteiger partial charge on any atom is 0.272 e. The number of nitrogens with one attached hydrogen (secondary N) is 2. The third-order valence-corrected chi connectivity index (χ3v) is 5.78. The van der Waals surface area contributed by atoms with Crippen molar-refractivity contribution < 1.29 is 18.4 Å². The molecule has 2 aromatic rings. The predicted octanol–water partition coefficient (Wildman–Crippen LogP) is 2.94. The Morgan fingerprint density at radius 1 is 1.22 bits per heavy atom. The molecule has 1 aliphatic rings. The zero-order valence-corrected chi connectivity index (χ0v) is 19.3. The lowest BCUT2D eigenvalue weighted by atomic mass is 9.86. The Morgan fingerprint density at radius 3 is 2.56 bits per heavy atom. The van der Waals surface area contributed by atoms with Gasteiger partial charge in [0.1, 0.15) is 23.5 Å². The molecule has 0 spiro atoms. The summed E-state index contributed by atoms with van der Waals surface area (Å²) in [7, 11) is 1.51. The van der Waals surface area contributed by atoms with Crippen molar-refractivity contribution in [2.75, 3.05) is 20.1 Å². The molecule has 2 amide bonds. The number of halogens is 2. The van der Waals surface area contributed by atoms with Crippen LogP contribution in [-0.2, 0) is 17.9 Å². The molecule has 32 heavy (non-hydrogen) atoms. The van der Waals surface area contributed by atoms with Crippen LogP contribution in [0.5, 0.6) is 0 Å². The molecule has 0 radical (unpaired) electrons. The summed E-state index contributed by atoms with van der Waals surface area (Å²) in [5.74, 6) is -1.81. The molecular formula is C23H31F2N5O2. The number of hydrogen-bond donors (Lipinski definition) is 2. The molecule has 0 unspecified atom stereocenters. The molecule has 0 bridgehead atoms. The minimum atomic E-state index is -0.792. The van der Waals surface area contributed by atoms with Crippen molar-refractivity contribution in [2.24, 2.45) is 5.41 Å². The molecule has 3 rings (SSSR count). The van der Waals surface area contributed by atoms with Crippen LogP contribution < -0.4 is 10.6 Å². The number of rotatable bonds is 5. The van der Waals surface area contributed by atoms with E-state index in [9.17, 15) is 18.4 Å². The monoisotopic (exact) mass is 447 g/mol. The first kappa shape index (κ1) is 23.8. The highest BCUT2D eigenvalue weighted by molar-refractivity contribution is 5.97. The average molecular weight is 448 g/mol. The summed E-state index contributed by atoms with van der Waals surface area (Å²) in [6, 6.07) is 2.41. The smallest absolute Gasteiger partial charge is 0.272 e. The summed E-state index contributed by atoms with van der Waals surface area (Å²) >= 11 is 0. The quantitative estimate of drug-likeness (QED) is 0.739. The molecule has 1 aromatic carbocycles. The minimum absolute atomic E-state index is 0.00826. The van der Waals surface area contributed by atoms with E-state index in [1.807, 2.05) is 27.7 Å². The van der Waals surface area contributed by atoms with Crippen LogP contribution in [-0.4, -0.2) is 52.4 Å². The third kappa shape index (κ3) is 4.82. The molecular weight excluding hydrogens is 416 g/mol. The Labute approximate surface area is 187 Å².